The molecule has 158 valence electrons. The number of carbonyl (C=O) groups is 1. The Morgan fingerprint density at radius 1 is 1.03 bits per heavy atom. The number of rotatable bonds is 5. The molecule has 0 amide bonds. The zero-order valence-electron chi connectivity index (χ0n) is 18.3. The van der Waals surface area contributed by atoms with Crippen molar-refractivity contribution in [3.05, 3.63) is 58.8 Å². The number of ketones is 1. The van der Waals surface area contributed by atoms with Crippen LogP contribution >= 0.6 is 0 Å². The number of hydrogen-bond donors (Lipinski definition) is 1. The van der Waals surface area contributed by atoms with Crippen LogP contribution in [0.1, 0.15) is 50.7 Å². The molecule has 0 radical (unpaired) electrons. The van der Waals surface area contributed by atoms with Gasteiger partial charge in [-0.2, -0.15) is 0 Å². The minimum absolute atomic E-state index is 0.0691. The highest BCUT2D eigenvalue weighted by molar-refractivity contribution is 6.01. The summed E-state index contributed by atoms with van der Waals surface area (Å²) in [5, 5.41) is 3.54. The van der Waals surface area contributed by atoms with Gasteiger partial charge in [-0.15, -0.1) is 0 Å². The quantitative estimate of drug-likeness (QED) is 0.729. The molecule has 5 heteroatoms. The Morgan fingerprint density at radius 3 is 2.33 bits per heavy atom. The highest BCUT2D eigenvalue weighted by Gasteiger charge is 2.41. The van der Waals surface area contributed by atoms with Gasteiger partial charge in [0, 0.05) is 35.4 Å². The predicted octanol–water partition coefficient (Wildman–Crippen LogP) is 5.30. The zero-order valence-corrected chi connectivity index (χ0v) is 18.3. The molecule has 0 unspecified atom stereocenters. The molecule has 1 heterocycles. The van der Waals surface area contributed by atoms with E-state index in [0.717, 1.165) is 40.3 Å². The third-order valence-corrected chi connectivity index (χ3v) is 5.89. The first-order valence-electron chi connectivity index (χ1n) is 10.4. The van der Waals surface area contributed by atoms with Gasteiger partial charge in [0.2, 0.25) is 0 Å². The summed E-state index contributed by atoms with van der Waals surface area (Å²) >= 11 is 0. The number of allylic oxidation sites excluding steroid dienone is 2. The molecular formula is C25H29NO4. The Morgan fingerprint density at radius 2 is 1.70 bits per heavy atom. The molecule has 1 aliphatic carbocycles. The second kappa shape index (κ2) is 7.71. The molecule has 30 heavy (non-hydrogen) atoms. The molecule has 0 aromatic heterocycles. The second-order valence-electron chi connectivity index (χ2n) is 8.69. The standard InChI is InChI=1S/C25H29NO4/c1-6-30-16-9-7-15(8-10-16)23-17-11-21(28-4)22(29-5)12-18(17)26-19-13-25(2,3)14-20(27)24(19)23/h7-12,23,26H,6,13-14H2,1-5H3/t23-/m0/s1. The average Bonchev–Trinajstić information content (AvgIpc) is 2.71. The van der Waals surface area contributed by atoms with Crippen LogP contribution in [0.15, 0.2) is 47.7 Å². The molecule has 0 spiro atoms. The van der Waals surface area contributed by atoms with Gasteiger partial charge < -0.3 is 19.5 Å². The molecule has 2 aromatic rings. The van der Waals surface area contributed by atoms with Crippen LogP contribution < -0.4 is 19.5 Å². The maximum atomic E-state index is 13.3. The minimum atomic E-state index is -0.157. The van der Waals surface area contributed by atoms with Crippen LogP contribution in [0.25, 0.3) is 0 Å². The predicted molar refractivity (Wildman–Crippen MR) is 118 cm³/mol. The molecule has 0 fully saturated rings. The smallest absolute Gasteiger partial charge is 0.162 e. The van der Waals surface area contributed by atoms with Gasteiger partial charge in [-0.05, 0) is 48.1 Å². The average molecular weight is 408 g/mol. The molecule has 1 atom stereocenters. The van der Waals surface area contributed by atoms with Gasteiger partial charge in [0.1, 0.15) is 5.75 Å². The Labute approximate surface area is 178 Å². The van der Waals surface area contributed by atoms with Crippen molar-refractivity contribution in [2.24, 2.45) is 5.41 Å². The van der Waals surface area contributed by atoms with Crippen molar-refractivity contribution in [3.8, 4) is 17.2 Å². The Hall–Kier alpha value is -2.95. The van der Waals surface area contributed by atoms with Crippen molar-refractivity contribution in [1.29, 1.82) is 0 Å². The van der Waals surface area contributed by atoms with E-state index in [2.05, 4.69) is 31.3 Å². The fourth-order valence-electron chi connectivity index (χ4n) is 4.61. The van der Waals surface area contributed by atoms with E-state index < -0.39 is 0 Å². The lowest BCUT2D eigenvalue weighted by molar-refractivity contribution is -0.118. The van der Waals surface area contributed by atoms with Crippen molar-refractivity contribution in [1.82, 2.24) is 0 Å². The number of anilines is 1. The van der Waals surface area contributed by atoms with Gasteiger partial charge in [-0.1, -0.05) is 26.0 Å². The van der Waals surface area contributed by atoms with E-state index in [-0.39, 0.29) is 17.1 Å². The fourth-order valence-corrected chi connectivity index (χ4v) is 4.61. The SMILES string of the molecule is CCOc1ccc([C@@H]2C3=C(CC(C)(C)CC3=O)Nc3cc(OC)c(OC)cc32)cc1. The van der Waals surface area contributed by atoms with E-state index in [1.807, 2.05) is 31.2 Å². The van der Waals surface area contributed by atoms with Crippen LogP contribution in [0.3, 0.4) is 0 Å². The third-order valence-electron chi connectivity index (χ3n) is 5.89. The van der Waals surface area contributed by atoms with E-state index >= 15 is 0 Å². The summed E-state index contributed by atoms with van der Waals surface area (Å²) in [5.41, 5.74) is 4.84. The fraction of sp³-hybridized carbons (Fsp3) is 0.400. The molecule has 4 rings (SSSR count). The van der Waals surface area contributed by atoms with Gasteiger partial charge in [-0.3, -0.25) is 4.79 Å². The monoisotopic (exact) mass is 407 g/mol. The van der Waals surface area contributed by atoms with Crippen LogP contribution in [0, 0.1) is 5.41 Å². The van der Waals surface area contributed by atoms with E-state index in [4.69, 9.17) is 14.2 Å². The van der Waals surface area contributed by atoms with Gasteiger partial charge in [0.25, 0.3) is 0 Å². The summed E-state index contributed by atoms with van der Waals surface area (Å²) in [5.74, 6) is 2.19. The Balaban J connectivity index is 1.90. The Bertz CT molecular complexity index is 1000. The minimum Gasteiger partial charge on any atom is -0.494 e. The summed E-state index contributed by atoms with van der Waals surface area (Å²) in [6, 6.07) is 12.0. The van der Waals surface area contributed by atoms with Crippen molar-refractivity contribution >= 4 is 11.5 Å². The first kappa shape index (κ1) is 20.3. The highest BCUT2D eigenvalue weighted by Crippen LogP contribution is 2.51. The lowest BCUT2D eigenvalue weighted by atomic mass is 9.68. The summed E-state index contributed by atoms with van der Waals surface area (Å²) in [6.45, 7) is 6.88. The molecule has 0 saturated heterocycles. The lowest BCUT2D eigenvalue weighted by Gasteiger charge is -2.39. The summed E-state index contributed by atoms with van der Waals surface area (Å²) in [6.07, 6.45) is 1.37. The first-order chi connectivity index (χ1) is 14.4. The van der Waals surface area contributed by atoms with Crippen LogP contribution in [0.4, 0.5) is 5.69 Å². The number of fused-ring (bicyclic) bond motifs is 1. The second-order valence-corrected chi connectivity index (χ2v) is 8.69. The first-order valence-corrected chi connectivity index (χ1v) is 10.4. The number of methoxy groups -OCH3 is 2. The van der Waals surface area contributed by atoms with Gasteiger partial charge in [-0.25, -0.2) is 0 Å². The van der Waals surface area contributed by atoms with Crippen molar-refractivity contribution in [3.63, 3.8) is 0 Å². The van der Waals surface area contributed by atoms with E-state index in [0.29, 0.717) is 24.5 Å². The van der Waals surface area contributed by atoms with Crippen molar-refractivity contribution in [2.75, 3.05) is 26.1 Å². The van der Waals surface area contributed by atoms with Crippen molar-refractivity contribution in [2.45, 2.75) is 39.5 Å². The highest BCUT2D eigenvalue weighted by atomic mass is 16.5. The molecule has 0 saturated carbocycles. The Kier molecular flexibility index (Phi) is 5.22. The lowest BCUT2D eigenvalue weighted by Crippen LogP contribution is -2.33. The van der Waals surface area contributed by atoms with Gasteiger partial charge >= 0.3 is 0 Å². The number of nitrogens with one attached hydrogen (secondary N) is 1. The normalized spacial score (nSPS) is 19.5. The van der Waals surface area contributed by atoms with E-state index in [1.165, 1.54) is 0 Å². The molecule has 5 nitrogen and oxygen atoms in total. The molecule has 2 aromatic carbocycles. The number of ether oxygens (including phenoxy) is 3. The topological polar surface area (TPSA) is 56.8 Å². The van der Waals surface area contributed by atoms with Crippen LogP contribution in [-0.4, -0.2) is 26.6 Å². The van der Waals surface area contributed by atoms with E-state index in [9.17, 15) is 4.79 Å². The summed E-state index contributed by atoms with van der Waals surface area (Å²) in [4.78, 5) is 13.3. The van der Waals surface area contributed by atoms with Gasteiger partial charge in [0.05, 0.1) is 20.8 Å². The molecule has 0 bridgehead atoms. The third kappa shape index (κ3) is 3.53. The molecule has 2 aliphatic rings. The van der Waals surface area contributed by atoms with Crippen LogP contribution in [0.2, 0.25) is 0 Å². The molecule has 1 N–H and O–H groups in total. The van der Waals surface area contributed by atoms with Crippen LogP contribution in [0.5, 0.6) is 17.2 Å². The van der Waals surface area contributed by atoms with E-state index in [1.54, 1.807) is 14.2 Å². The van der Waals surface area contributed by atoms with Crippen molar-refractivity contribution < 1.29 is 19.0 Å². The molecular weight excluding hydrogens is 378 g/mol. The van der Waals surface area contributed by atoms with Gasteiger partial charge in [0.15, 0.2) is 17.3 Å². The largest absolute Gasteiger partial charge is 0.494 e. The maximum absolute atomic E-state index is 13.3. The summed E-state index contributed by atoms with van der Waals surface area (Å²) < 4.78 is 16.7. The number of Topliss-reactive ketones (excluding diaryl/α,β-unsaturated/α-hetero) is 1. The van der Waals surface area contributed by atoms with Crippen LogP contribution in [-0.2, 0) is 4.79 Å². The zero-order chi connectivity index (χ0) is 21.5. The summed E-state index contributed by atoms with van der Waals surface area (Å²) in [7, 11) is 3.26. The molecule has 1 aliphatic heterocycles. The number of carbonyl (C=O) groups excluding carboxylic acids is 1. The maximum Gasteiger partial charge on any atom is 0.162 e. The number of benzene rings is 2. The number of hydrogen-bond acceptors (Lipinski definition) is 5.